The van der Waals surface area contributed by atoms with Crippen LogP contribution < -0.4 is 14.8 Å². The fraction of sp³-hybridized carbons (Fsp3) is 0.348. The van der Waals surface area contributed by atoms with Crippen LogP contribution in [0.1, 0.15) is 25.0 Å². The van der Waals surface area contributed by atoms with Crippen LogP contribution in [0.5, 0.6) is 11.6 Å². The first kappa shape index (κ1) is 24.9. The highest BCUT2D eigenvalue weighted by atomic mass is 32.2. The molecule has 0 atom stereocenters. The molecule has 35 heavy (non-hydrogen) atoms. The number of anilines is 2. The molecule has 0 aliphatic carbocycles. The zero-order chi connectivity index (χ0) is 25.0. The number of aryl methyl sites for hydroxylation is 1. The number of methoxy groups -OCH3 is 1. The topological polar surface area (TPSA) is 140 Å². The summed E-state index contributed by atoms with van der Waals surface area (Å²) in [6.45, 7) is 3.13. The number of carbonyl (C=O) groups excluding carboxylic acids is 1. The molecular weight excluding hydrogens is 492 g/mol. The zero-order valence-corrected chi connectivity index (χ0v) is 20.9. The molecule has 4 rings (SSSR count). The van der Waals surface area contributed by atoms with E-state index in [1.54, 1.807) is 6.92 Å². The van der Waals surface area contributed by atoms with E-state index in [2.05, 4.69) is 20.0 Å². The third-order valence-corrected chi connectivity index (χ3v) is 8.02. The van der Waals surface area contributed by atoms with Crippen LogP contribution in [0.2, 0.25) is 0 Å². The molecule has 1 aliphatic heterocycles. The van der Waals surface area contributed by atoms with Crippen LogP contribution in [0.25, 0.3) is 10.4 Å². The number of phenolic OH excluding ortho intramolecular Hbond substituents is 1. The summed E-state index contributed by atoms with van der Waals surface area (Å²) in [5.41, 5.74) is 1.34. The Bertz CT molecular complexity index is 1320. The SMILES string of the molecule is COc1ncc(-c2sc(NC(=O)CC3CCOCC3)nc2C)cc1S(=O)(=O)Nc1cccc(O)c1. The molecule has 0 saturated carbocycles. The summed E-state index contributed by atoms with van der Waals surface area (Å²) >= 11 is 1.24. The minimum Gasteiger partial charge on any atom is -0.508 e. The summed E-state index contributed by atoms with van der Waals surface area (Å²) in [5, 5.41) is 12.9. The molecule has 3 heterocycles. The van der Waals surface area contributed by atoms with Crippen molar-refractivity contribution in [2.75, 3.05) is 30.4 Å². The molecule has 0 radical (unpaired) electrons. The first-order valence-electron chi connectivity index (χ1n) is 11.0. The highest BCUT2D eigenvalue weighted by Gasteiger charge is 2.24. The number of aromatic hydroxyl groups is 1. The Morgan fingerprint density at radius 3 is 2.77 bits per heavy atom. The maximum absolute atomic E-state index is 13.1. The van der Waals surface area contributed by atoms with E-state index < -0.39 is 10.0 Å². The second-order valence-electron chi connectivity index (χ2n) is 8.13. The second kappa shape index (κ2) is 10.6. The predicted molar refractivity (Wildman–Crippen MR) is 132 cm³/mol. The van der Waals surface area contributed by atoms with Gasteiger partial charge in [-0.25, -0.2) is 18.4 Å². The molecule has 3 aromatic rings. The molecule has 1 fully saturated rings. The molecule has 10 nitrogen and oxygen atoms in total. The van der Waals surface area contributed by atoms with Crippen molar-refractivity contribution in [2.24, 2.45) is 5.92 Å². The van der Waals surface area contributed by atoms with Crippen LogP contribution >= 0.6 is 11.3 Å². The van der Waals surface area contributed by atoms with Gasteiger partial charge in [0.1, 0.15) is 10.6 Å². The summed E-state index contributed by atoms with van der Waals surface area (Å²) in [6, 6.07) is 7.23. The molecule has 1 aliphatic rings. The quantitative estimate of drug-likeness (QED) is 0.409. The first-order valence-corrected chi connectivity index (χ1v) is 13.3. The van der Waals surface area contributed by atoms with Gasteiger partial charge >= 0.3 is 0 Å². The minimum atomic E-state index is -4.09. The number of phenols is 1. The summed E-state index contributed by atoms with van der Waals surface area (Å²) in [4.78, 5) is 21.6. The maximum atomic E-state index is 13.1. The van der Waals surface area contributed by atoms with Gasteiger partial charge in [-0.3, -0.25) is 9.52 Å². The lowest BCUT2D eigenvalue weighted by molar-refractivity contribution is -0.117. The molecular formula is C23H26N4O6S2. The van der Waals surface area contributed by atoms with Crippen molar-refractivity contribution in [1.29, 1.82) is 0 Å². The van der Waals surface area contributed by atoms with Gasteiger partial charge in [-0.15, -0.1) is 0 Å². The largest absolute Gasteiger partial charge is 0.508 e. The van der Waals surface area contributed by atoms with Gasteiger partial charge in [-0.1, -0.05) is 17.4 Å². The van der Waals surface area contributed by atoms with Gasteiger partial charge in [0, 0.05) is 37.5 Å². The Hall–Kier alpha value is -3.22. The number of pyridine rings is 1. The number of ether oxygens (including phenoxy) is 2. The van der Waals surface area contributed by atoms with Gasteiger partial charge in [-0.05, 0) is 43.9 Å². The van der Waals surface area contributed by atoms with Crippen molar-refractivity contribution < 1.29 is 27.8 Å². The lowest BCUT2D eigenvalue weighted by atomic mass is 9.96. The molecule has 1 aromatic carbocycles. The smallest absolute Gasteiger partial charge is 0.267 e. The van der Waals surface area contributed by atoms with Crippen molar-refractivity contribution in [3.05, 3.63) is 42.2 Å². The monoisotopic (exact) mass is 518 g/mol. The second-order valence-corrected chi connectivity index (χ2v) is 10.8. The Morgan fingerprint density at radius 1 is 1.29 bits per heavy atom. The van der Waals surface area contributed by atoms with E-state index in [9.17, 15) is 18.3 Å². The van der Waals surface area contributed by atoms with Crippen molar-refractivity contribution in [3.8, 4) is 22.1 Å². The summed E-state index contributed by atoms with van der Waals surface area (Å²) in [6.07, 6.45) is 3.63. The molecule has 1 saturated heterocycles. The number of thiazole rings is 1. The molecule has 1 amide bonds. The fourth-order valence-corrected chi connectivity index (χ4v) is 5.94. The van der Waals surface area contributed by atoms with E-state index >= 15 is 0 Å². The van der Waals surface area contributed by atoms with Gasteiger partial charge in [-0.2, -0.15) is 0 Å². The molecule has 0 bridgehead atoms. The van der Waals surface area contributed by atoms with Gasteiger partial charge in [0.2, 0.25) is 11.8 Å². The van der Waals surface area contributed by atoms with Crippen LogP contribution in [0.15, 0.2) is 41.4 Å². The van der Waals surface area contributed by atoms with E-state index in [1.807, 2.05) is 0 Å². The van der Waals surface area contributed by atoms with E-state index in [-0.39, 0.29) is 28.1 Å². The summed E-state index contributed by atoms with van der Waals surface area (Å²) in [5.74, 6) is 0.0368. The number of nitrogens with one attached hydrogen (secondary N) is 2. The number of hydrogen-bond donors (Lipinski definition) is 3. The molecule has 0 spiro atoms. The van der Waals surface area contributed by atoms with Crippen LogP contribution in [0, 0.1) is 12.8 Å². The summed E-state index contributed by atoms with van der Waals surface area (Å²) in [7, 11) is -2.76. The molecule has 0 unspecified atom stereocenters. The highest BCUT2D eigenvalue weighted by molar-refractivity contribution is 7.92. The van der Waals surface area contributed by atoms with Crippen molar-refractivity contribution in [2.45, 2.75) is 31.1 Å². The van der Waals surface area contributed by atoms with Gasteiger partial charge in [0.05, 0.1) is 23.4 Å². The van der Waals surface area contributed by atoms with Gasteiger partial charge in [0.15, 0.2) is 5.13 Å². The van der Waals surface area contributed by atoms with E-state index in [0.29, 0.717) is 46.8 Å². The standard InChI is InChI=1S/C23H26N4O6S2/c1-14-21(34-23(25-14)26-20(29)10-15-6-8-33-9-7-15)16-11-19(22(32-2)24-13-16)35(30,31)27-17-4-3-5-18(28)12-17/h3-5,11-13,15,27-28H,6-10H2,1-2H3,(H,25,26,29). The van der Waals surface area contributed by atoms with Crippen LogP contribution in [-0.2, 0) is 19.6 Å². The van der Waals surface area contributed by atoms with Crippen molar-refractivity contribution >= 4 is 38.1 Å². The first-order chi connectivity index (χ1) is 16.7. The maximum Gasteiger partial charge on any atom is 0.267 e. The number of sulfonamides is 1. The number of rotatable bonds is 8. The number of carbonyl (C=O) groups is 1. The summed E-state index contributed by atoms with van der Waals surface area (Å²) < 4.78 is 39.2. The number of aromatic nitrogens is 2. The molecule has 12 heteroatoms. The Kier molecular flexibility index (Phi) is 7.53. The third-order valence-electron chi connectivity index (χ3n) is 5.52. The zero-order valence-electron chi connectivity index (χ0n) is 19.3. The lowest BCUT2D eigenvalue weighted by Gasteiger charge is -2.20. The fourth-order valence-electron chi connectivity index (χ4n) is 3.78. The number of benzene rings is 1. The molecule has 3 N–H and O–H groups in total. The van der Waals surface area contributed by atoms with Crippen LogP contribution in [0.3, 0.4) is 0 Å². The number of amides is 1. The van der Waals surface area contributed by atoms with Crippen LogP contribution in [-0.4, -0.2) is 49.7 Å². The van der Waals surface area contributed by atoms with E-state index in [0.717, 1.165) is 12.8 Å². The average Bonchev–Trinajstić information content (AvgIpc) is 3.18. The normalized spacial score (nSPS) is 14.5. The Labute approximate surface area is 207 Å². The Balaban J connectivity index is 1.57. The minimum absolute atomic E-state index is 0.0734. The van der Waals surface area contributed by atoms with Gasteiger partial charge < -0.3 is 19.9 Å². The predicted octanol–water partition coefficient (Wildman–Crippen LogP) is 3.78. The highest BCUT2D eigenvalue weighted by Crippen LogP contribution is 2.36. The number of hydrogen-bond acceptors (Lipinski definition) is 9. The average molecular weight is 519 g/mol. The van der Waals surface area contributed by atoms with Crippen molar-refractivity contribution in [1.82, 2.24) is 9.97 Å². The van der Waals surface area contributed by atoms with Crippen LogP contribution in [0.4, 0.5) is 10.8 Å². The Morgan fingerprint density at radius 2 is 2.06 bits per heavy atom. The van der Waals surface area contributed by atoms with Crippen molar-refractivity contribution in [3.63, 3.8) is 0 Å². The number of nitrogens with zero attached hydrogens (tertiary/aromatic N) is 2. The third kappa shape index (κ3) is 6.08. The van der Waals surface area contributed by atoms with E-state index in [1.165, 1.54) is 55.0 Å². The van der Waals surface area contributed by atoms with E-state index in [4.69, 9.17) is 9.47 Å². The molecule has 2 aromatic heterocycles. The molecule has 186 valence electrons. The lowest BCUT2D eigenvalue weighted by Crippen LogP contribution is -2.22. The van der Waals surface area contributed by atoms with Gasteiger partial charge in [0.25, 0.3) is 10.0 Å².